The van der Waals surface area contributed by atoms with Crippen LogP contribution < -0.4 is 5.32 Å². The first-order valence-corrected chi connectivity index (χ1v) is 8.02. The maximum Gasteiger partial charge on any atom is 0.0375 e. The number of aryl methyl sites for hydroxylation is 2. The molecule has 0 heterocycles. The topological polar surface area (TPSA) is 12.0 Å². The van der Waals surface area contributed by atoms with Crippen molar-refractivity contribution in [3.63, 3.8) is 0 Å². The molecular formula is C21H29N. The first-order chi connectivity index (χ1) is 10.5. The molecule has 2 aromatic carbocycles. The Kier molecular flexibility index (Phi) is 7.45. The lowest BCUT2D eigenvalue weighted by Gasteiger charge is -2.12. The van der Waals surface area contributed by atoms with E-state index in [1.54, 1.807) is 0 Å². The SMILES string of the molecule is C=Cc1cc(C)ccc1C.CCNc1ccccc1C(C)C. The Balaban J connectivity index is 0.000000224. The molecule has 118 valence electrons. The lowest BCUT2D eigenvalue weighted by atomic mass is 10.0. The molecular weight excluding hydrogens is 266 g/mol. The zero-order valence-electron chi connectivity index (χ0n) is 14.6. The van der Waals surface area contributed by atoms with E-state index >= 15 is 0 Å². The highest BCUT2D eigenvalue weighted by Gasteiger charge is 2.03. The van der Waals surface area contributed by atoms with Crippen molar-refractivity contribution in [3.05, 3.63) is 71.3 Å². The largest absolute Gasteiger partial charge is 0.385 e. The van der Waals surface area contributed by atoms with Crippen LogP contribution in [0.4, 0.5) is 5.69 Å². The molecule has 0 spiro atoms. The molecule has 0 fully saturated rings. The van der Waals surface area contributed by atoms with Crippen molar-refractivity contribution >= 4 is 11.8 Å². The highest BCUT2D eigenvalue weighted by atomic mass is 14.9. The van der Waals surface area contributed by atoms with Gasteiger partial charge < -0.3 is 5.32 Å². The highest BCUT2D eigenvalue weighted by Crippen LogP contribution is 2.23. The van der Waals surface area contributed by atoms with Crippen LogP contribution in [-0.2, 0) is 0 Å². The summed E-state index contributed by atoms with van der Waals surface area (Å²) in [6.45, 7) is 15.5. The minimum Gasteiger partial charge on any atom is -0.385 e. The molecule has 2 aromatic rings. The zero-order chi connectivity index (χ0) is 16.5. The van der Waals surface area contributed by atoms with Crippen LogP contribution in [0.3, 0.4) is 0 Å². The van der Waals surface area contributed by atoms with E-state index in [1.165, 1.54) is 27.9 Å². The molecule has 0 amide bonds. The molecule has 22 heavy (non-hydrogen) atoms. The number of para-hydroxylation sites is 1. The highest BCUT2D eigenvalue weighted by molar-refractivity contribution is 5.53. The number of nitrogens with one attached hydrogen (secondary N) is 1. The van der Waals surface area contributed by atoms with E-state index in [0.29, 0.717) is 5.92 Å². The van der Waals surface area contributed by atoms with Gasteiger partial charge in [0, 0.05) is 12.2 Å². The van der Waals surface area contributed by atoms with Gasteiger partial charge in [0.1, 0.15) is 0 Å². The summed E-state index contributed by atoms with van der Waals surface area (Å²) in [5, 5.41) is 3.36. The van der Waals surface area contributed by atoms with E-state index in [2.05, 4.69) is 89.0 Å². The van der Waals surface area contributed by atoms with Crippen molar-refractivity contribution in [1.29, 1.82) is 0 Å². The molecule has 1 nitrogen and oxygen atoms in total. The maximum atomic E-state index is 3.73. The molecule has 0 saturated carbocycles. The van der Waals surface area contributed by atoms with E-state index in [0.717, 1.165) is 6.54 Å². The van der Waals surface area contributed by atoms with Crippen molar-refractivity contribution in [2.45, 2.75) is 40.5 Å². The fourth-order valence-electron chi connectivity index (χ4n) is 2.33. The maximum absolute atomic E-state index is 3.73. The van der Waals surface area contributed by atoms with Gasteiger partial charge in [0.15, 0.2) is 0 Å². The van der Waals surface area contributed by atoms with Crippen LogP contribution in [0.5, 0.6) is 0 Å². The normalized spacial score (nSPS) is 9.91. The van der Waals surface area contributed by atoms with Crippen LogP contribution in [0.15, 0.2) is 49.0 Å². The van der Waals surface area contributed by atoms with Crippen molar-refractivity contribution in [2.24, 2.45) is 0 Å². The summed E-state index contributed by atoms with van der Waals surface area (Å²) < 4.78 is 0. The summed E-state index contributed by atoms with van der Waals surface area (Å²) >= 11 is 0. The lowest BCUT2D eigenvalue weighted by Crippen LogP contribution is -2.01. The Morgan fingerprint density at radius 1 is 1.09 bits per heavy atom. The Morgan fingerprint density at radius 3 is 2.32 bits per heavy atom. The van der Waals surface area contributed by atoms with Crippen LogP contribution in [0.25, 0.3) is 6.08 Å². The lowest BCUT2D eigenvalue weighted by molar-refractivity contribution is 0.866. The minimum atomic E-state index is 0.597. The number of anilines is 1. The summed E-state index contributed by atoms with van der Waals surface area (Å²) in [4.78, 5) is 0. The van der Waals surface area contributed by atoms with Gasteiger partial charge in [0.25, 0.3) is 0 Å². The van der Waals surface area contributed by atoms with Gasteiger partial charge in [0.05, 0.1) is 0 Å². The van der Waals surface area contributed by atoms with Crippen molar-refractivity contribution in [2.75, 3.05) is 11.9 Å². The van der Waals surface area contributed by atoms with Gasteiger partial charge in [0.2, 0.25) is 0 Å². The van der Waals surface area contributed by atoms with Gasteiger partial charge in [-0.2, -0.15) is 0 Å². The van der Waals surface area contributed by atoms with Crippen LogP contribution in [0.2, 0.25) is 0 Å². The summed E-state index contributed by atoms with van der Waals surface area (Å²) in [5.74, 6) is 0.597. The smallest absolute Gasteiger partial charge is 0.0375 e. The minimum absolute atomic E-state index is 0.597. The van der Waals surface area contributed by atoms with Gasteiger partial charge in [-0.1, -0.05) is 68.5 Å². The number of benzene rings is 2. The molecule has 1 heteroatoms. The standard InChI is InChI=1S/C11H17N.C10H12/c1-4-12-11-8-6-5-7-10(11)9(2)3;1-4-10-7-8(2)5-6-9(10)3/h5-9,12H,4H2,1-3H3;4-7H,1H2,2-3H3. The molecule has 0 aliphatic heterocycles. The predicted octanol–water partition coefficient (Wildman–Crippen LogP) is 6.19. The van der Waals surface area contributed by atoms with Crippen molar-refractivity contribution in [1.82, 2.24) is 0 Å². The summed E-state index contributed by atoms with van der Waals surface area (Å²) in [5.41, 5.74) is 6.50. The van der Waals surface area contributed by atoms with Gasteiger partial charge in [-0.15, -0.1) is 0 Å². The number of hydrogen-bond donors (Lipinski definition) is 1. The van der Waals surface area contributed by atoms with E-state index in [1.807, 2.05) is 6.08 Å². The summed E-state index contributed by atoms with van der Waals surface area (Å²) in [6.07, 6.45) is 1.89. The van der Waals surface area contributed by atoms with Gasteiger partial charge in [-0.05, 0) is 49.4 Å². The summed E-state index contributed by atoms with van der Waals surface area (Å²) in [6, 6.07) is 14.9. The quantitative estimate of drug-likeness (QED) is 0.709. The average Bonchev–Trinajstić information content (AvgIpc) is 2.51. The van der Waals surface area contributed by atoms with Crippen molar-refractivity contribution in [3.8, 4) is 0 Å². The van der Waals surface area contributed by atoms with Crippen LogP contribution in [0.1, 0.15) is 48.9 Å². The molecule has 2 rings (SSSR count). The van der Waals surface area contributed by atoms with Gasteiger partial charge in [-0.3, -0.25) is 0 Å². The van der Waals surface area contributed by atoms with Gasteiger partial charge >= 0.3 is 0 Å². The summed E-state index contributed by atoms with van der Waals surface area (Å²) in [7, 11) is 0. The molecule has 0 radical (unpaired) electrons. The van der Waals surface area contributed by atoms with E-state index in [4.69, 9.17) is 0 Å². The van der Waals surface area contributed by atoms with Crippen LogP contribution >= 0.6 is 0 Å². The van der Waals surface area contributed by atoms with E-state index < -0.39 is 0 Å². The average molecular weight is 295 g/mol. The van der Waals surface area contributed by atoms with Gasteiger partial charge in [-0.25, -0.2) is 0 Å². The molecule has 0 bridgehead atoms. The van der Waals surface area contributed by atoms with Crippen LogP contribution in [-0.4, -0.2) is 6.54 Å². The first-order valence-electron chi connectivity index (χ1n) is 8.02. The van der Waals surface area contributed by atoms with Crippen LogP contribution in [0, 0.1) is 13.8 Å². The third-order valence-corrected chi connectivity index (χ3v) is 3.60. The Hall–Kier alpha value is -2.02. The fraction of sp³-hybridized carbons (Fsp3) is 0.333. The first kappa shape index (κ1) is 18.0. The molecule has 0 aliphatic carbocycles. The monoisotopic (exact) mass is 295 g/mol. The molecule has 0 atom stereocenters. The third-order valence-electron chi connectivity index (χ3n) is 3.60. The van der Waals surface area contributed by atoms with Crippen molar-refractivity contribution < 1.29 is 0 Å². The molecule has 0 unspecified atom stereocenters. The fourth-order valence-corrected chi connectivity index (χ4v) is 2.33. The van der Waals surface area contributed by atoms with E-state index in [-0.39, 0.29) is 0 Å². The Morgan fingerprint density at radius 2 is 1.77 bits per heavy atom. The Labute approximate surface area is 136 Å². The molecule has 0 saturated heterocycles. The van der Waals surface area contributed by atoms with E-state index in [9.17, 15) is 0 Å². The second-order valence-electron chi connectivity index (χ2n) is 5.84. The number of rotatable bonds is 4. The third kappa shape index (κ3) is 5.40. The second kappa shape index (κ2) is 9.09. The zero-order valence-corrected chi connectivity index (χ0v) is 14.6. The predicted molar refractivity (Wildman–Crippen MR) is 101 cm³/mol. The second-order valence-corrected chi connectivity index (χ2v) is 5.84. The molecule has 1 N–H and O–H groups in total. The number of hydrogen-bond acceptors (Lipinski definition) is 1. The molecule has 0 aliphatic rings. The Bertz CT molecular complexity index is 597. The molecule has 0 aromatic heterocycles.